The van der Waals surface area contributed by atoms with Crippen molar-refractivity contribution in [2.45, 2.75) is 6.61 Å². The minimum atomic E-state index is -0.563. The monoisotopic (exact) mass is 187 g/mol. The van der Waals surface area contributed by atoms with Gasteiger partial charge in [-0.25, -0.2) is 10.3 Å². The fourth-order valence-electron chi connectivity index (χ4n) is 0.946. The van der Waals surface area contributed by atoms with Crippen molar-refractivity contribution in [1.29, 1.82) is 0 Å². The predicted octanol–water partition coefficient (Wildman–Crippen LogP) is 0.930. The summed E-state index contributed by atoms with van der Waals surface area (Å²) in [6.07, 6.45) is 0. The van der Waals surface area contributed by atoms with E-state index >= 15 is 0 Å². The number of hydrogen-bond donors (Lipinski definition) is 2. The van der Waals surface area contributed by atoms with E-state index in [0.29, 0.717) is 0 Å². The molecule has 72 valence electrons. The fourth-order valence-corrected chi connectivity index (χ4v) is 0.946. The molecule has 0 aromatic heterocycles. The average molecular weight is 187 g/mol. The molecule has 0 aliphatic heterocycles. The smallest absolute Gasteiger partial charge is 0.165 e. The van der Waals surface area contributed by atoms with Crippen molar-refractivity contribution in [2.75, 3.05) is 7.11 Å². The lowest BCUT2D eigenvalue weighted by atomic mass is 10.2. The number of hydrogen-bond acceptors (Lipinski definition) is 4. The van der Waals surface area contributed by atoms with Crippen molar-refractivity contribution >= 4 is 0 Å². The first-order valence-corrected chi connectivity index (χ1v) is 3.56. The lowest BCUT2D eigenvalue weighted by Crippen LogP contribution is -2.00. The van der Waals surface area contributed by atoms with Gasteiger partial charge >= 0.3 is 0 Å². The molecule has 3 N–H and O–H groups in total. The van der Waals surface area contributed by atoms with Crippen LogP contribution in [0.4, 0.5) is 4.39 Å². The van der Waals surface area contributed by atoms with E-state index in [1.807, 2.05) is 0 Å². The highest BCUT2D eigenvalue weighted by Crippen LogP contribution is 2.27. The molecule has 0 bridgehead atoms. The summed E-state index contributed by atoms with van der Waals surface area (Å²) >= 11 is 0. The van der Waals surface area contributed by atoms with Crippen LogP contribution in [0.1, 0.15) is 5.56 Å². The molecule has 0 atom stereocenters. The van der Waals surface area contributed by atoms with Crippen molar-refractivity contribution in [1.82, 2.24) is 0 Å². The molecule has 4 nitrogen and oxygen atoms in total. The highest BCUT2D eigenvalue weighted by Gasteiger charge is 2.09. The molecule has 0 radical (unpaired) electrons. The van der Waals surface area contributed by atoms with Crippen LogP contribution in [-0.2, 0) is 11.4 Å². The molecular weight excluding hydrogens is 177 g/mol. The second kappa shape index (κ2) is 4.06. The van der Waals surface area contributed by atoms with Crippen LogP contribution in [0.15, 0.2) is 12.1 Å². The summed E-state index contributed by atoms with van der Waals surface area (Å²) in [4.78, 5) is 4.27. The second-order valence-electron chi connectivity index (χ2n) is 2.43. The molecule has 0 aliphatic carbocycles. The van der Waals surface area contributed by atoms with Gasteiger partial charge in [0.25, 0.3) is 0 Å². The number of nitrogens with two attached hydrogens (primary N) is 1. The summed E-state index contributed by atoms with van der Waals surface area (Å²) in [5.74, 6) is 4.10. The van der Waals surface area contributed by atoms with Gasteiger partial charge in [-0.05, 0) is 6.07 Å². The Bertz CT molecular complexity index is 304. The maximum Gasteiger partial charge on any atom is 0.165 e. The van der Waals surface area contributed by atoms with Gasteiger partial charge in [0.2, 0.25) is 0 Å². The number of benzene rings is 1. The molecule has 1 aromatic rings. The Hall–Kier alpha value is -1.33. The Morgan fingerprint density at radius 2 is 2.23 bits per heavy atom. The van der Waals surface area contributed by atoms with Crippen molar-refractivity contribution in [3.05, 3.63) is 23.5 Å². The van der Waals surface area contributed by atoms with E-state index in [4.69, 9.17) is 5.90 Å². The van der Waals surface area contributed by atoms with Crippen molar-refractivity contribution in [3.63, 3.8) is 0 Å². The fraction of sp³-hybridized carbons (Fsp3) is 0.250. The van der Waals surface area contributed by atoms with Crippen LogP contribution in [0.3, 0.4) is 0 Å². The Morgan fingerprint density at radius 1 is 1.54 bits per heavy atom. The van der Waals surface area contributed by atoms with E-state index < -0.39 is 5.82 Å². The Kier molecular flexibility index (Phi) is 3.05. The molecule has 0 saturated carbocycles. The van der Waals surface area contributed by atoms with Crippen LogP contribution < -0.4 is 10.6 Å². The lowest BCUT2D eigenvalue weighted by molar-refractivity contribution is 0.122. The quantitative estimate of drug-likeness (QED) is 0.691. The van der Waals surface area contributed by atoms with Crippen LogP contribution in [0.25, 0.3) is 0 Å². The summed E-state index contributed by atoms with van der Waals surface area (Å²) in [6, 6.07) is 2.28. The zero-order valence-electron chi connectivity index (χ0n) is 7.08. The van der Waals surface area contributed by atoms with E-state index in [9.17, 15) is 9.50 Å². The van der Waals surface area contributed by atoms with E-state index in [-0.39, 0.29) is 23.7 Å². The number of phenols is 1. The Balaban J connectivity index is 3.05. The number of rotatable bonds is 3. The van der Waals surface area contributed by atoms with Crippen molar-refractivity contribution < 1.29 is 19.1 Å². The van der Waals surface area contributed by atoms with Crippen LogP contribution in [-0.4, -0.2) is 12.2 Å². The van der Waals surface area contributed by atoms with Crippen molar-refractivity contribution in [2.24, 2.45) is 5.90 Å². The number of methoxy groups -OCH3 is 1. The topological polar surface area (TPSA) is 64.7 Å². The molecule has 5 heteroatoms. The molecule has 0 saturated heterocycles. The third-order valence-corrected chi connectivity index (χ3v) is 1.59. The van der Waals surface area contributed by atoms with Gasteiger partial charge < -0.3 is 9.84 Å². The maximum absolute atomic E-state index is 13.0. The van der Waals surface area contributed by atoms with Gasteiger partial charge in [-0.2, -0.15) is 0 Å². The summed E-state index contributed by atoms with van der Waals surface area (Å²) < 4.78 is 17.7. The maximum atomic E-state index is 13.0. The van der Waals surface area contributed by atoms with Crippen LogP contribution >= 0.6 is 0 Å². The summed E-state index contributed by atoms with van der Waals surface area (Å²) in [6.45, 7) is -0.0489. The van der Waals surface area contributed by atoms with Crippen LogP contribution in [0, 0.1) is 5.82 Å². The average Bonchev–Trinajstić information content (AvgIpc) is 2.11. The standard InChI is InChI=1S/C8H10FNO3/c1-12-8-3-7(11)5(4-13-10)2-6(8)9/h2-3,11H,4,10H2,1H3. The second-order valence-corrected chi connectivity index (χ2v) is 2.43. The molecule has 1 rings (SSSR count). The molecule has 0 fully saturated rings. The minimum Gasteiger partial charge on any atom is -0.507 e. The van der Waals surface area contributed by atoms with E-state index in [1.165, 1.54) is 13.2 Å². The highest BCUT2D eigenvalue weighted by molar-refractivity contribution is 5.40. The highest BCUT2D eigenvalue weighted by atomic mass is 19.1. The van der Waals surface area contributed by atoms with E-state index in [2.05, 4.69) is 9.57 Å². The zero-order valence-corrected chi connectivity index (χ0v) is 7.08. The molecular formula is C8H10FNO3. The zero-order chi connectivity index (χ0) is 9.84. The number of ether oxygens (including phenoxy) is 1. The summed E-state index contributed by atoms with van der Waals surface area (Å²) in [5.41, 5.74) is 0.279. The molecule has 1 aromatic carbocycles. The summed E-state index contributed by atoms with van der Waals surface area (Å²) in [7, 11) is 1.32. The van der Waals surface area contributed by atoms with E-state index in [0.717, 1.165) is 6.07 Å². The van der Waals surface area contributed by atoms with Gasteiger partial charge in [0.1, 0.15) is 5.75 Å². The van der Waals surface area contributed by atoms with Gasteiger partial charge in [-0.3, -0.25) is 4.84 Å². The lowest BCUT2D eigenvalue weighted by Gasteiger charge is -2.06. The first-order chi connectivity index (χ1) is 6.19. The molecule has 0 spiro atoms. The molecule has 0 amide bonds. The van der Waals surface area contributed by atoms with Gasteiger partial charge in [0, 0.05) is 11.6 Å². The van der Waals surface area contributed by atoms with E-state index in [1.54, 1.807) is 0 Å². The third kappa shape index (κ3) is 2.07. The van der Waals surface area contributed by atoms with Gasteiger partial charge in [0.05, 0.1) is 13.7 Å². The Morgan fingerprint density at radius 3 is 2.77 bits per heavy atom. The Labute approximate surface area is 74.6 Å². The van der Waals surface area contributed by atoms with Gasteiger partial charge in [0.15, 0.2) is 11.6 Å². The summed E-state index contributed by atoms with van der Waals surface area (Å²) in [5, 5.41) is 9.30. The van der Waals surface area contributed by atoms with Crippen LogP contribution in [0.5, 0.6) is 11.5 Å². The minimum absolute atomic E-state index is 0.0155. The number of aromatic hydroxyl groups is 1. The van der Waals surface area contributed by atoms with Crippen LogP contribution in [0.2, 0.25) is 0 Å². The number of halogens is 1. The molecule has 13 heavy (non-hydrogen) atoms. The number of phenolic OH excluding ortho intramolecular Hbond substituents is 1. The SMILES string of the molecule is COc1cc(O)c(CON)cc1F. The first-order valence-electron chi connectivity index (χ1n) is 3.56. The normalized spacial score (nSPS) is 10.1. The molecule has 0 aliphatic rings. The third-order valence-electron chi connectivity index (χ3n) is 1.59. The predicted molar refractivity (Wildman–Crippen MR) is 43.6 cm³/mol. The van der Waals surface area contributed by atoms with Gasteiger partial charge in [-0.1, -0.05) is 0 Å². The van der Waals surface area contributed by atoms with Gasteiger partial charge in [-0.15, -0.1) is 0 Å². The first kappa shape index (κ1) is 9.76. The molecule has 0 unspecified atom stereocenters. The van der Waals surface area contributed by atoms with Crippen molar-refractivity contribution in [3.8, 4) is 11.5 Å². The largest absolute Gasteiger partial charge is 0.507 e. The molecule has 0 heterocycles.